The van der Waals surface area contributed by atoms with Crippen molar-refractivity contribution in [2.75, 3.05) is 13.2 Å². The van der Waals surface area contributed by atoms with Crippen molar-refractivity contribution >= 4 is 5.97 Å². The standard InChI is InChI=1S/C13H17NO2/c1-3-16-13(15)11(2)14-10-9-12-7-5-4-6-8-12/h4-8,14H,2-3,9-10H2,1H3. The zero-order chi connectivity index (χ0) is 11.8. The summed E-state index contributed by atoms with van der Waals surface area (Å²) in [6.45, 7) is 6.45. The van der Waals surface area contributed by atoms with Gasteiger partial charge in [0.2, 0.25) is 0 Å². The summed E-state index contributed by atoms with van der Waals surface area (Å²) in [7, 11) is 0. The van der Waals surface area contributed by atoms with E-state index in [0.29, 0.717) is 18.8 Å². The highest BCUT2D eigenvalue weighted by atomic mass is 16.5. The lowest BCUT2D eigenvalue weighted by Crippen LogP contribution is -2.23. The number of carbonyl (C=O) groups is 1. The summed E-state index contributed by atoms with van der Waals surface area (Å²) in [5, 5.41) is 2.95. The van der Waals surface area contributed by atoms with Crippen LogP contribution < -0.4 is 5.32 Å². The van der Waals surface area contributed by atoms with Crippen molar-refractivity contribution in [1.82, 2.24) is 5.32 Å². The van der Waals surface area contributed by atoms with E-state index in [1.807, 2.05) is 18.2 Å². The molecule has 86 valence electrons. The summed E-state index contributed by atoms with van der Waals surface area (Å²) in [5.41, 5.74) is 1.55. The number of esters is 1. The largest absolute Gasteiger partial charge is 0.461 e. The molecule has 1 N–H and O–H groups in total. The van der Waals surface area contributed by atoms with Crippen LogP contribution in [0.5, 0.6) is 0 Å². The number of carbonyl (C=O) groups excluding carboxylic acids is 1. The Morgan fingerprint density at radius 3 is 2.69 bits per heavy atom. The zero-order valence-electron chi connectivity index (χ0n) is 9.53. The zero-order valence-corrected chi connectivity index (χ0v) is 9.53. The van der Waals surface area contributed by atoms with Crippen molar-refractivity contribution in [3.63, 3.8) is 0 Å². The van der Waals surface area contributed by atoms with Gasteiger partial charge in [-0.1, -0.05) is 36.9 Å². The van der Waals surface area contributed by atoms with Gasteiger partial charge in [0.1, 0.15) is 5.70 Å². The third-order valence-corrected chi connectivity index (χ3v) is 2.12. The molecule has 3 nitrogen and oxygen atoms in total. The predicted molar refractivity (Wildman–Crippen MR) is 63.9 cm³/mol. The molecule has 0 saturated heterocycles. The van der Waals surface area contributed by atoms with E-state index in [9.17, 15) is 4.79 Å². The molecule has 0 radical (unpaired) electrons. The van der Waals surface area contributed by atoms with Crippen LogP contribution in [0.15, 0.2) is 42.6 Å². The van der Waals surface area contributed by atoms with Gasteiger partial charge in [-0.05, 0) is 18.9 Å². The lowest BCUT2D eigenvalue weighted by atomic mass is 10.1. The summed E-state index contributed by atoms with van der Waals surface area (Å²) in [6.07, 6.45) is 0.860. The minimum Gasteiger partial charge on any atom is -0.461 e. The number of hydrogen-bond acceptors (Lipinski definition) is 3. The van der Waals surface area contributed by atoms with Crippen LogP contribution in [0.1, 0.15) is 12.5 Å². The SMILES string of the molecule is C=C(NCCc1ccccc1)C(=O)OCC. The lowest BCUT2D eigenvalue weighted by molar-refractivity contribution is -0.138. The molecule has 0 atom stereocenters. The number of benzene rings is 1. The maximum Gasteiger partial charge on any atom is 0.353 e. The van der Waals surface area contributed by atoms with Gasteiger partial charge >= 0.3 is 5.97 Å². The van der Waals surface area contributed by atoms with Crippen LogP contribution in [-0.2, 0) is 16.0 Å². The smallest absolute Gasteiger partial charge is 0.353 e. The molecule has 3 heteroatoms. The molecule has 0 aliphatic carbocycles. The van der Waals surface area contributed by atoms with Gasteiger partial charge in [0, 0.05) is 6.54 Å². The molecular formula is C13H17NO2. The van der Waals surface area contributed by atoms with Gasteiger partial charge in [0.05, 0.1) is 6.61 Å². The molecule has 0 unspecified atom stereocenters. The van der Waals surface area contributed by atoms with Crippen LogP contribution in [0.4, 0.5) is 0 Å². The second kappa shape index (κ2) is 6.67. The highest BCUT2D eigenvalue weighted by Gasteiger charge is 2.05. The first-order valence-corrected chi connectivity index (χ1v) is 5.38. The summed E-state index contributed by atoms with van der Waals surface area (Å²) in [6, 6.07) is 10.1. The Morgan fingerprint density at radius 1 is 1.38 bits per heavy atom. The van der Waals surface area contributed by atoms with E-state index in [1.54, 1.807) is 6.92 Å². The second-order valence-electron chi connectivity index (χ2n) is 3.36. The van der Waals surface area contributed by atoms with Crippen LogP contribution in [0.2, 0.25) is 0 Å². The average Bonchev–Trinajstić information content (AvgIpc) is 2.30. The first-order valence-electron chi connectivity index (χ1n) is 5.38. The third kappa shape index (κ3) is 4.17. The molecule has 0 spiro atoms. The number of rotatable bonds is 6. The molecule has 0 aromatic heterocycles. The number of ether oxygens (including phenoxy) is 1. The Labute approximate surface area is 96.1 Å². The minimum atomic E-state index is -0.379. The van der Waals surface area contributed by atoms with Gasteiger partial charge in [-0.2, -0.15) is 0 Å². The molecule has 0 bridgehead atoms. The molecule has 0 saturated carbocycles. The van der Waals surface area contributed by atoms with E-state index >= 15 is 0 Å². The monoisotopic (exact) mass is 219 g/mol. The topological polar surface area (TPSA) is 38.3 Å². The number of nitrogens with one attached hydrogen (secondary N) is 1. The molecule has 0 aliphatic heterocycles. The summed E-state index contributed by atoms with van der Waals surface area (Å²) in [5.74, 6) is -0.379. The van der Waals surface area contributed by atoms with E-state index in [0.717, 1.165) is 6.42 Å². The molecule has 1 aromatic carbocycles. The van der Waals surface area contributed by atoms with E-state index in [2.05, 4.69) is 24.0 Å². The van der Waals surface area contributed by atoms with E-state index in [1.165, 1.54) is 5.56 Å². The van der Waals surface area contributed by atoms with E-state index in [-0.39, 0.29) is 5.97 Å². The van der Waals surface area contributed by atoms with Crippen LogP contribution in [0, 0.1) is 0 Å². The van der Waals surface area contributed by atoms with Gasteiger partial charge in [0.15, 0.2) is 0 Å². The maximum atomic E-state index is 11.2. The molecule has 0 amide bonds. The Balaban J connectivity index is 2.26. The van der Waals surface area contributed by atoms with Crippen LogP contribution in [-0.4, -0.2) is 19.1 Å². The van der Waals surface area contributed by atoms with Crippen molar-refractivity contribution in [3.05, 3.63) is 48.2 Å². The quantitative estimate of drug-likeness (QED) is 0.586. The maximum absolute atomic E-state index is 11.2. The van der Waals surface area contributed by atoms with Crippen molar-refractivity contribution in [2.24, 2.45) is 0 Å². The Bertz CT molecular complexity index is 346. The molecule has 16 heavy (non-hydrogen) atoms. The van der Waals surface area contributed by atoms with Crippen LogP contribution in [0.25, 0.3) is 0 Å². The first-order chi connectivity index (χ1) is 7.74. The van der Waals surface area contributed by atoms with Gasteiger partial charge in [-0.25, -0.2) is 4.79 Å². The van der Waals surface area contributed by atoms with Crippen molar-refractivity contribution in [1.29, 1.82) is 0 Å². The van der Waals surface area contributed by atoms with Gasteiger partial charge in [-0.15, -0.1) is 0 Å². The molecule has 1 rings (SSSR count). The fraction of sp³-hybridized carbons (Fsp3) is 0.308. The van der Waals surface area contributed by atoms with E-state index < -0.39 is 0 Å². The van der Waals surface area contributed by atoms with Gasteiger partial charge in [-0.3, -0.25) is 0 Å². The Kier molecular flexibility index (Phi) is 5.12. The lowest BCUT2D eigenvalue weighted by Gasteiger charge is -2.08. The highest BCUT2D eigenvalue weighted by molar-refractivity contribution is 5.86. The summed E-state index contributed by atoms with van der Waals surface area (Å²) in [4.78, 5) is 11.2. The summed E-state index contributed by atoms with van der Waals surface area (Å²) >= 11 is 0. The van der Waals surface area contributed by atoms with Gasteiger partial charge < -0.3 is 10.1 Å². The minimum absolute atomic E-state index is 0.317. The molecule has 1 aromatic rings. The molecule has 0 fully saturated rings. The van der Waals surface area contributed by atoms with E-state index in [4.69, 9.17) is 4.74 Å². The van der Waals surface area contributed by atoms with Crippen LogP contribution in [0.3, 0.4) is 0 Å². The summed E-state index contributed by atoms with van der Waals surface area (Å²) < 4.78 is 4.81. The fourth-order valence-corrected chi connectivity index (χ4v) is 1.29. The Morgan fingerprint density at radius 2 is 2.06 bits per heavy atom. The van der Waals surface area contributed by atoms with Crippen molar-refractivity contribution in [3.8, 4) is 0 Å². The third-order valence-electron chi connectivity index (χ3n) is 2.12. The van der Waals surface area contributed by atoms with Crippen LogP contribution >= 0.6 is 0 Å². The molecule has 0 aliphatic rings. The molecular weight excluding hydrogens is 202 g/mol. The average molecular weight is 219 g/mol. The van der Waals surface area contributed by atoms with Crippen molar-refractivity contribution < 1.29 is 9.53 Å². The molecule has 0 heterocycles. The fourth-order valence-electron chi connectivity index (χ4n) is 1.29. The van der Waals surface area contributed by atoms with Crippen molar-refractivity contribution in [2.45, 2.75) is 13.3 Å². The second-order valence-corrected chi connectivity index (χ2v) is 3.36. The highest BCUT2D eigenvalue weighted by Crippen LogP contribution is 1.99. The number of hydrogen-bond donors (Lipinski definition) is 1. The van der Waals surface area contributed by atoms with Gasteiger partial charge in [0.25, 0.3) is 0 Å². The first kappa shape index (κ1) is 12.3. The Hall–Kier alpha value is -1.77. The predicted octanol–water partition coefficient (Wildman–Crippen LogP) is 1.90. The normalized spacial score (nSPS) is 9.56.